The molecule has 1 heterocycles. The number of hydrogen-bond donors (Lipinski definition) is 1. The van der Waals surface area contributed by atoms with Gasteiger partial charge in [0.25, 0.3) is 11.8 Å². The Kier molecular flexibility index (Phi) is 4.78. The SMILES string of the molecule is CN1C(=O)C(C)(Cc2ccccc2)NC(=O)C1=Cc1c(F)cccc1C#N. The summed E-state index contributed by atoms with van der Waals surface area (Å²) in [5.41, 5.74) is -0.134. The molecule has 2 aromatic rings. The lowest BCUT2D eigenvalue weighted by Crippen LogP contribution is -2.64. The smallest absolute Gasteiger partial charge is 0.268 e. The summed E-state index contributed by atoms with van der Waals surface area (Å²) in [5.74, 6) is -1.44. The Morgan fingerprint density at radius 3 is 2.56 bits per heavy atom. The van der Waals surface area contributed by atoms with E-state index in [1.807, 2.05) is 36.4 Å². The largest absolute Gasteiger partial charge is 0.336 e. The summed E-state index contributed by atoms with van der Waals surface area (Å²) >= 11 is 0. The van der Waals surface area contributed by atoms with Crippen LogP contribution in [0.4, 0.5) is 4.39 Å². The Balaban J connectivity index is 1.96. The zero-order valence-electron chi connectivity index (χ0n) is 15.0. The summed E-state index contributed by atoms with van der Waals surface area (Å²) in [7, 11) is 1.48. The maximum absolute atomic E-state index is 14.2. The van der Waals surface area contributed by atoms with Crippen LogP contribution in [0, 0.1) is 17.1 Å². The molecule has 1 unspecified atom stereocenters. The number of nitrogens with one attached hydrogen (secondary N) is 1. The predicted octanol–water partition coefficient (Wildman–Crippen LogP) is 2.63. The van der Waals surface area contributed by atoms with Crippen molar-refractivity contribution in [1.82, 2.24) is 10.2 Å². The van der Waals surface area contributed by atoms with Gasteiger partial charge in [-0.05, 0) is 30.7 Å². The summed E-state index contributed by atoms with van der Waals surface area (Å²) < 4.78 is 14.2. The van der Waals surface area contributed by atoms with Gasteiger partial charge in [-0.2, -0.15) is 5.26 Å². The highest BCUT2D eigenvalue weighted by Gasteiger charge is 2.44. The first-order valence-corrected chi connectivity index (χ1v) is 8.40. The molecule has 0 spiro atoms. The van der Waals surface area contributed by atoms with Crippen LogP contribution in [-0.4, -0.2) is 29.3 Å². The van der Waals surface area contributed by atoms with Crippen molar-refractivity contribution in [2.45, 2.75) is 18.9 Å². The highest BCUT2D eigenvalue weighted by molar-refractivity contribution is 6.09. The van der Waals surface area contributed by atoms with Crippen LogP contribution in [-0.2, 0) is 16.0 Å². The van der Waals surface area contributed by atoms with Crippen LogP contribution in [0.25, 0.3) is 6.08 Å². The molecule has 1 saturated heterocycles. The van der Waals surface area contributed by atoms with Gasteiger partial charge in [0.1, 0.15) is 17.1 Å². The average Bonchev–Trinajstić information content (AvgIpc) is 2.65. The van der Waals surface area contributed by atoms with Crippen molar-refractivity contribution in [2.75, 3.05) is 7.05 Å². The van der Waals surface area contributed by atoms with Gasteiger partial charge in [-0.1, -0.05) is 36.4 Å². The second kappa shape index (κ2) is 7.04. The summed E-state index contributed by atoms with van der Waals surface area (Å²) in [4.78, 5) is 26.9. The van der Waals surface area contributed by atoms with Gasteiger partial charge in [-0.25, -0.2) is 4.39 Å². The lowest BCUT2D eigenvalue weighted by Gasteiger charge is -2.39. The van der Waals surface area contributed by atoms with Crippen molar-refractivity contribution in [3.05, 3.63) is 76.7 Å². The van der Waals surface area contributed by atoms with Crippen molar-refractivity contribution in [3.8, 4) is 6.07 Å². The molecular weight excluding hydrogens is 345 g/mol. The Morgan fingerprint density at radius 2 is 1.89 bits per heavy atom. The molecule has 0 bridgehead atoms. The third-order valence-corrected chi connectivity index (χ3v) is 4.61. The van der Waals surface area contributed by atoms with Crippen molar-refractivity contribution < 1.29 is 14.0 Å². The predicted molar refractivity (Wildman–Crippen MR) is 98.6 cm³/mol. The number of carbonyl (C=O) groups is 2. The minimum atomic E-state index is -1.11. The first kappa shape index (κ1) is 18.3. The van der Waals surface area contributed by atoms with E-state index in [0.29, 0.717) is 6.42 Å². The number of nitrogens with zero attached hydrogens (tertiary/aromatic N) is 2. The number of benzene rings is 2. The van der Waals surface area contributed by atoms with Gasteiger partial charge < -0.3 is 10.2 Å². The number of halogens is 1. The summed E-state index contributed by atoms with van der Waals surface area (Å²) in [6, 6.07) is 15.3. The van der Waals surface area contributed by atoms with Gasteiger partial charge in [-0.15, -0.1) is 0 Å². The fraction of sp³-hybridized carbons (Fsp3) is 0.190. The van der Waals surface area contributed by atoms with E-state index in [2.05, 4.69) is 5.32 Å². The first-order valence-electron chi connectivity index (χ1n) is 8.40. The topological polar surface area (TPSA) is 73.2 Å². The second-order valence-electron chi connectivity index (χ2n) is 6.66. The van der Waals surface area contributed by atoms with Crippen molar-refractivity contribution >= 4 is 17.9 Å². The zero-order valence-corrected chi connectivity index (χ0v) is 15.0. The number of rotatable bonds is 3. The minimum Gasteiger partial charge on any atom is -0.336 e. The third-order valence-electron chi connectivity index (χ3n) is 4.61. The van der Waals surface area contributed by atoms with Crippen LogP contribution in [0.5, 0.6) is 0 Å². The first-order chi connectivity index (χ1) is 12.9. The van der Waals surface area contributed by atoms with Gasteiger partial charge in [0, 0.05) is 19.0 Å². The molecule has 2 aromatic carbocycles. The Hall–Kier alpha value is -3.46. The highest BCUT2D eigenvalue weighted by atomic mass is 19.1. The van der Waals surface area contributed by atoms with Crippen LogP contribution in [0.15, 0.2) is 54.2 Å². The summed E-state index contributed by atoms with van der Waals surface area (Å²) in [6.45, 7) is 1.66. The highest BCUT2D eigenvalue weighted by Crippen LogP contribution is 2.26. The van der Waals surface area contributed by atoms with E-state index in [9.17, 15) is 19.2 Å². The van der Waals surface area contributed by atoms with E-state index in [4.69, 9.17) is 0 Å². The standard InChI is InChI=1S/C21H18FN3O2/c1-21(12-14-7-4-3-5-8-14)20(27)25(2)18(19(26)24-21)11-16-15(13-23)9-6-10-17(16)22/h3-11H,12H2,1-2H3,(H,24,26). The summed E-state index contributed by atoms with van der Waals surface area (Å²) in [5, 5.41) is 11.9. The molecule has 136 valence electrons. The maximum atomic E-state index is 14.2. The van der Waals surface area contributed by atoms with Gasteiger partial charge in [0.2, 0.25) is 0 Å². The molecule has 1 atom stereocenters. The van der Waals surface area contributed by atoms with Gasteiger partial charge >= 0.3 is 0 Å². The number of hydrogen-bond acceptors (Lipinski definition) is 3. The van der Waals surface area contributed by atoms with Crippen molar-refractivity contribution in [2.24, 2.45) is 0 Å². The number of nitriles is 1. The van der Waals surface area contributed by atoms with Crippen LogP contribution >= 0.6 is 0 Å². The average molecular weight is 363 g/mol. The van der Waals surface area contributed by atoms with E-state index in [1.54, 1.807) is 6.92 Å². The molecule has 6 heteroatoms. The molecule has 0 saturated carbocycles. The van der Waals surface area contributed by atoms with Crippen molar-refractivity contribution in [1.29, 1.82) is 5.26 Å². The van der Waals surface area contributed by atoms with E-state index in [0.717, 1.165) is 5.56 Å². The fourth-order valence-electron chi connectivity index (χ4n) is 3.20. The van der Waals surface area contributed by atoms with Gasteiger partial charge in [0.15, 0.2) is 0 Å². The Morgan fingerprint density at radius 1 is 1.19 bits per heavy atom. The molecule has 0 aliphatic carbocycles. The van der Waals surface area contributed by atoms with E-state index < -0.39 is 17.3 Å². The van der Waals surface area contributed by atoms with E-state index in [1.165, 1.54) is 36.2 Å². The second-order valence-corrected chi connectivity index (χ2v) is 6.66. The molecule has 2 amide bonds. The van der Waals surface area contributed by atoms with Gasteiger partial charge in [0.05, 0.1) is 11.6 Å². The lowest BCUT2D eigenvalue weighted by atomic mass is 9.88. The van der Waals surface area contributed by atoms with Crippen LogP contribution in [0.2, 0.25) is 0 Å². The normalized spacial score (nSPS) is 21.1. The summed E-state index contributed by atoms with van der Waals surface area (Å²) in [6.07, 6.45) is 1.57. The molecule has 5 nitrogen and oxygen atoms in total. The molecular formula is C21H18FN3O2. The number of amides is 2. The zero-order chi connectivity index (χ0) is 19.6. The van der Waals surface area contributed by atoms with Crippen LogP contribution in [0.1, 0.15) is 23.6 Å². The Bertz CT molecular complexity index is 979. The Labute approximate surface area is 156 Å². The molecule has 1 aliphatic rings. The third kappa shape index (κ3) is 3.44. The van der Waals surface area contributed by atoms with Crippen LogP contribution < -0.4 is 5.32 Å². The number of carbonyl (C=O) groups excluding carboxylic acids is 2. The van der Waals surface area contributed by atoms with E-state index in [-0.39, 0.29) is 22.7 Å². The fourth-order valence-corrected chi connectivity index (χ4v) is 3.20. The van der Waals surface area contributed by atoms with E-state index >= 15 is 0 Å². The molecule has 27 heavy (non-hydrogen) atoms. The number of piperazine rings is 1. The molecule has 1 aliphatic heterocycles. The maximum Gasteiger partial charge on any atom is 0.268 e. The molecule has 0 radical (unpaired) electrons. The van der Waals surface area contributed by atoms with Crippen LogP contribution in [0.3, 0.4) is 0 Å². The molecule has 3 rings (SSSR count). The molecule has 1 fully saturated rings. The molecule has 0 aromatic heterocycles. The number of likely N-dealkylation sites (N-methyl/N-ethyl adjacent to an activating group) is 1. The minimum absolute atomic E-state index is 0.00728. The van der Waals surface area contributed by atoms with Crippen molar-refractivity contribution in [3.63, 3.8) is 0 Å². The quantitative estimate of drug-likeness (QED) is 0.852. The monoisotopic (exact) mass is 363 g/mol. The van der Waals surface area contributed by atoms with Gasteiger partial charge in [-0.3, -0.25) is 9.59 Å². The molecule has 1 N–H and O–H groups in total. The lowest BCUT2D eigenvalue weighted by molar-refractivity contribution is -0.143.